The van der Waals surface area contributed by atoms with Crippen LogP contribution in [0.5, 0.6) is 5.75 Å². The fourth-order valence-electron chi connectivity index (χ4n) is 2.66. The van der Waals surface area contributed by atoms with E-state index in [-0.39, 0.29) is 6.04 Å². The molecule has 3 heteroatoms. The molecule has 0 spiro atoms. The van der Waals surface area contributed by atoms with E-state index in [2.05, 4.69) is 60.6 Å². The van der Waals surface area contributed by atoms with Crippen molar-refractivity contribution in [1.29, 1.82) is 0 Å². The van der Waals surface area contributed by atoms with Gasteiger partial charge in [-0.1, -0.05) is 36.4 Å². The molecule has 0 aliphatic carbocycles. The fraction of sp³-hybridized carbons (Fsp3) is 0.333. The van der Waals surface area contributed by atoms with Gasteiger partial charge in [0.25, 0.3) is 0 Å². The first-order valence-corrected chi connectivity index (χ1v) is 7.24. The number of aryl methyl sites for hydroxylation is 1. The molecule has 0 fully saturated rings. The van der Waals surface area contributed by atoms with E-state index in [9.17, 15) is 0 Å². The Hall–Kier alpha value is -2.00. The Bertz CT molecular complexity index is 583. The first-order valence-electron chi connectivity index (χ1n) is 7.24. The van der Waals surface area contributed by atoms with Crippen molar-refractivity contribution in [3.63, 3.8) is 0 Å². The highest BCUT2D eigenvalue weighted by Crippen LogP contribution is 2.27. The molecule has 1 unspecified atom stereocenters. The number of hydrogen-bond donors (Lipinski definition) is 1. The highest BCUT2D eigenvalue weighted by Gasteiger charge is 2.16. The van der Waals surface area contributed by atoms with Gasteiger partial charge in [0.2, 0.25) is 0 Å². The van der Waals surface area contributed by atoms with Gasteiger partial charge in [0.1, 0.15) is 5.75 Å². The molecular formula is C18H24N2O. The maximum absolute atomic E-state index is 5.48. The predicted octanol–water partition coefficient (Wildman–Crippen LogP) is 3.40. The molecule has 1 atom stereocenters. The minimum Gasteiger partial charge on any atom is -0.496 e. The van der Waals surface area contributed by atoms with Crippen molar-refractivity contribution in [2.75, 3.05) is 32.6 Å². The Morgan fingerprint density at radius 1 is 1.10 bits per heavy atom. The number of rotatable bonds is 6. The number of anilines is 1. The zero-order chi connectivity index (χ0) is 15.2. The Kier molecular flexibility index (Phi) is 5.23. The second-order valence-corrected chi connectivity index (χ2v) is 5.25. The molecule has 0 aliphatic rings. The summed E-state index contributed by atoms with van der Waals surface area (Å²) in [7, 11) is 5.83. The van der Waals surface area contributed by atoms with Crippen LogP contribution in [0.25, 0.3) is 0 Å². The second-order valence-electron chi connectivity index (χ2n) is 5.25. The normalized spacial score (nSPS) is 12.0. The van der Waals surface area contributed by atoms with Crippen LogP contribution in [0.4, 0.5) is 5.69 Å². The molecular weight excluding hydrogens is 260 g/mol. The third-order valence-electron chi connectivity index (χ3n) is 3.85. The number of benzene rings is 2. The Morgan fingerprint density at radius 3 is 2.43 bits per heavy atom. The molecule has 21 heavy (non-hydrogen) atoms. The van der Waals surface area contributed by atoms with Crippen LogP contribution in [0.15, 0.2) is 48.5 Å². The van der Waals surface area contributed by atoms with Crippen molar-refractivity contribution in [2.45, 2.75) is 13.0 Å². The Balaban J connectivity index is 2.21. The lowest BCUT2D eigenvalue weighted by Crippen LogP contribution is -2.31. The van der Waals surface area contributed by atoms with E-state index >= 15 is 0 Å². The molecule has 0 radical (unpaired) electrons. The highest BCUT2D eigenvalue weighted by molar-refractivity contribution is 5.52. The summed E-state index contributed by atoms with van der Waals surface area (Å²) in [6.07, 6.45) is 0. The van der Waals surface area contributed by atoms with E-state index in [0.717, 1.165) is 12.3 Å². The Labute approximate surface area is 127 Å². The highest BCUT2D eigenvalue weighted by atomic mass is 16.5. The second kappa shape index (κ2) is 7.14. The molecule has 0 amide bonds. The summed E-state index contributed by atoms with van der Waals surface area (Å²) >= 11 is 0. The summed E-state index contributed by atoms with van der Waals surface area (Å²) < 4.78 is 5.48. The molecule has 0 heterocycles. The van der Waals surface area contributed by atoms with Crippen molar-refractivity contribution < 1.29 is 4.74 Å². The summed E-state index contributed by atoms with van der Waals surface area (Å²) in [5, 5.41) is 3.39. The zero-order valence-corrected chi connectivity index (χ0v) is 13.3. The lowest BCUT2D eigenvalue weighted by atomic mass is 10.0. The van der Waals surface area contributed by atoms with Crippen LogP contribution in [0.3, 0.4) is 0 Å². The number of nitrogens with one attached hydrogen (secondary N) is 1. The SMILES string of the molecule is CNC(CN(C)c1ccccc1C)c1ccccc1OC. The maximum Gasteiger partial charge on any atom is 0.123 e. The van der Waals surface area contributed by atoms with Gasteiger partial charge in [-0.25, -0.2) is 0 Å². The molecule has 2 rings (SSSR count). The van der Waals surface area contributed by atoms with Crippen LogP contribution in [-0.2, 0) is 0 Å². The van der Waals surface area contributed by atoms with Gasteiger partial charge in [-0.15, -0.1) is 0 Å². The van der Waals surface area contributed by atoms with Crippen molar-refractivity contribution in [1.82, 2.24) is 5.32 Å². The van der Waals surface area contributed by atoms with E-state index in [0.29, 0.717) is 0 Å². The average Bonchev–Trinajstić information content (AvgIpc) is 2.52. The molecule has 0 saturated heterocycles. The summed E-state index contributed by atoms with van der Waals surface area (Å²) in [5.41, 5.74) is 3.73. The van der Waals surface area contributed by atoms with Gasteiger partial charge >= 0.3 is 0 Å². The zero-order valence-electron chi connectivity index (χ0n) is 13.3. The number of ether oxygens (including phenoxy) is 1. The topological polar surface area (TPSA) is 24.5 Å². The molecule has 1 N–H and O–H groups in total. The molecule has 112 valence electrons. The van der Waals surface area contributed by atoms with Gasteiger partial charge in [0, 0.05) is 24.8 Å². The lowest BCUT2D eigenvalue weighted by molar-refractivity contribution is 0.401. The van der Waals surface area contributed by atoms with E-state index < -0.39 is 0 Å². The third-order valence-corrected chi connectivity index (χ3v) is 3.85. The number of methoxy groups -OCH3 is 1. The van der Waals surface area contributed by atoms with E-state index in [1.54, 1.807) is 7.11 Å². The summed E-state index contributed by atoms with van der Waals surface area (Å²) in [4.78, 5) is 2.28. The van der Waals surface area contributed by atoms with Crippen LogP contribution >= 0.6 is 0 Å². The van der Waals surface area contributed by atoms with E-state index in [1.165, 1.54) is 16.8 Å². The quantitative estimate of drug-likeness (QED) is 0.880. The summed E-state index contributed by atoms with van der Waals surface area (Å²) in [6.45, 7) is 3.02. The Morgan fingerprint density at radius 2 is 1.76 bits per heavy atom. The smallest absolute Gasteiger partial charge is 0.123 e. The van der Waals surface area contributed by atoms with E-state index in [1.807, 2.05) is 19.2 Å². The van der Waals surface area contributed by atoms with Gasteiger partial charge in [-0.3, -0.25) is 0 Å². The average molecular weight is 284 g/mol. The number of nitrogens with zero attached hydrogens (tertiary/aromatic N) is 1. The van der Waals surface area contributed by atoms with Crippen molar-refractivity contribution in [2.24, 2.45) is 0 Å². The molecule has 0 bridgehead atoms. The molecule has 2 aromatic carbocycles. The maximum atomic E-state index is 5.48. The standard InChI is InChI=1S/C18H24N2O/c1-14-9-5-7-11-17(14)20(3)13-16(19-2)15-10-6-8-12-18(15)21-4/h5-12,16,19H,13H2,1-4H3. The minimum atomic E-state index is 0.214. The largest absolute Gasteiger partial charge is 0.496 e. The molecule has 0 aliphatic heterocycles. The van der Waals surface area contributed by atoms with Gasteiger partial charge in [-0.2, -0.15) is 0 Å². The fourth-order valence-corrected chi connectivity index (χ4v) is 2.66. The molecule has 0 aromatic heterocycles. The lowest BCUT2D eigenvalue weighted by Gasteiger charge is -2.28. The van der Waals surface area contributed by atoms with Gasteiger partial charge in [0.15, 0.2) is 0 Å². The van der Waals surface area contributed by atoms with Crippen molar-refractivity contribution in [3.8, 4) is 5.75 Å². The number of likely N-dealkylation sites (N-methyl/N-ethyl adjacent to an activating group) is 2. The molecule has 0 saturated carbocycles. The van der Waals surface area contributed by atoms with Gasteiger partial charge < -0.3 is 15.0 Å². The van der Waals surface area contributed by atoms with Crippen LogP contribution < -0.4 is 15.0 Å². The molecule has 3 nitrogen and oxygen atoms in total. The van der Waals surface area contributed by atoms with Crippen LogP contribution in [-0.4, -0.2) is 27.7 Å². The third kappa shape index (κ3) is 3.56. The monoisotopic (exact) mass is 284 g/mol. The predicted molar refractivity (Wildman–Crippen MR) is 89.2 cm³/mol. The van der Waals surface area contributed by atoms with E-state index in [4.69, 9.17) is 4.74 Å². The van der Waals surface area contributed by atoms with Gasteiger partial charge in [-0.05, 0) is 31.7 Å². The van der Waals surface area contributed by atoms with Crippen molar-refractivity contribution >= 4 is 5.69 Å². The summed E-state index contributed by atoms with van der Waals surface area (Å²) in [5.74, 6) is 0.926. The van der Waals surface area contributed by atoms with Gasteiger partial charge in [0.05, 0.1) is 13.2 Å². The minimum absolute atomic E-state index is 0.214. The van der Waals surface area contributed by atoms with Crippen LogP contribution in [0, 0.1) is 6.92 Å². The molecule has 2 aromatic rings. The van der Waals surface area contributed by atoms with Crippen LogP contribution in [0.1, 0.15) is 17.2 Å². The first-order chi connectivity index (χ1) is 10.2. The first kappa shape index (κ1) is 15.4. The van der Waals surface area contributed by atoms with Crippen LogP contribution in [0.2, 0.25) is 0 Å². The number of para-hydroxylation sites is 2. The summed E-state index contributed by atoms with van der Waals surface area (Å²) in [6, 6.07) is 16.8. The van der Waals surface area contributed by atoms with Crippen molar-refractivity contribution in [3.05, 3.63) is 59.7 Å². The number of hydrogen-bond acceptors (Lipinski definition) is 3.